The summed E-state index contributed by atoms with van der Waals surface area (Å²) < 4.78 is 0. The molecule has 1 N–H and O–H groups in total. The Labute approximate surface area is 124 Å². The van der Waals surface area contributed by atoms with Crippen molar-refractivity contribution < 1.29 is 0 Å². The molecule has 112 valence electrons. The van der Waals surface area contributed by atoms with Gasteiger partial charge in [0.1, 0.15) is 0 Å². The Morgan fingerprint density at radius 1 is 1.05 bits per heavy atom. The summed E-state index contributed by atoms with van der Waals surface area (Å²) >= 11 is 0. The lowest BCUT2D eigenvalue weighted by Gasteiger charge is -2.35. The lowest BCUT2D eigenvalue weighted by Crippen LogP contribution is -2.44. The highest BCUT2D eigenvalue weighted by Gasteiger charge is 2.25. The van der Waals surface area contributed by atoms with E-state index in [-0.39, 0.29) is 0 Å². The molecule has 0 aromatic heterocycles. The van der Waals surface area contributed by atoms with Gasteiger partial charge in [-0.2, -0.15) is 0 Å². The molecule has 2 heteroatoms. The predicted octanol–water partition coefficient (Wildman–Crippen LogP) is 3.68. The van der Waals surface area contributed by atoms with Crippen LogP contribution in [0.1, 0.15) is 45.1 Å². The molecule has 1 aromatic rings. The van der Waals surface area contributed by atoms with Crippen LogP contribution in [0.2, 0.25) is 0 Å². The zero-order valence-corrected chi connectivity index (χ0v) is 13.1. The second-order valence-corrected chi connectivity index (χ2v) is 6.00. The van der Waals surface area contributed by atoms with Crippen molar-refractivity contribution in [3.05, 3.63) is 35.9 Å². The van der Waals surface area contributed by atoms with E-state index < -0.39 is 0 Å². The van der Waals surface area contributed by atoms with Crippen molar-refractivity contribution >= 4 is 0 Å². The second kappa shape index (κ2) is 8.43. The van der Waals surface area contributed by atoms with Crippen molar-refractivity contribution in [1.82, 2.24) is 10.2 Å². The van der Waals surface area contributed by atoms with Gasteiger partial charge in [-0.05, 0) is 37.4 Å². The van der Waals surface area contributed by atoms with Gasteiger partial charge in [0.2, 0.25) is 0 Å². The van der Waals surface area contributed by atoms with Gasteiger partial charge in [-0.15, -0.1) is 0 Å². The molecule has 2 nitrogen and oxygen atoms in total. The van der Waals surface area contributed by atoms with Crippen LogP contribution in [0, 0.1) is 5.92 Å². The van der Waals surface area contributed by atoms with E-state index in [0.717, 1.165) is 12.5 Å². The number of rotatable bonds is 7. The predicted molar refractivity (Wildman–Crippen MR) is 86.8 cm³/mol. The number of nitrogens with zero attached hydrogens (tertiary/aromatic N) is 1. The first kappa shape index (κ1) is 15.5. The average Bonchev–Trinajstić information content (AvgIpc) is 2.52. The highest BCUT2D eigenvalue weighted by molar-refractivity contribution is 5.14. The van der Waals surface area contributed by atoms with E-state index >= 15 is 0 Å². The fourth-order valence-electron chi connectivity index (χ4n) is 3.35. The van der Waals surface area contributed by atoms with Crippen LogP contribution in [0.15, 0.2) is 30.3 Å². The lowest BCUT2D eigenvalue weighted by atomic mass is 9.84. The van der Waals surface area contributed by atoms with Gasteiger partial charge in [-0.1, -0.05) is 57.0 Å². The second-order valence-electron chi connectivity index (χ2n) is 6.00. The van der Waals surface area contributed by atoms with Gasteiger partial charge < -0.3 is 10.2 Å². The molecule has 0 aliphatic heterocycles. The number of hydrogen-bond donors (Lipinski definition) is 1. The fraction of sp³-hybridized carbons (Fsp3) is 0.667. The largest absolute Gasteiger partial charge is 0.310 e. The molecule has 2 atom stereocenters. The lowest BCUT2D eigenvalue weighted by molar-refractivity contribution is 0.177. The standard InChI is InChI=1S/C18H30N2/c1-3-20(4-2)15-17-12-8-9-13-18(17)19-14-16-10-6-5-7-11-16/h5-7,10-11,17-19H,3-4,8-9,12-15H2,1-2H3/t17-,18-/m0/s1. The summed E-state index contributed by atoms with van der Waals surface area (Å²) in [6.45, 7) is 9.19. The maximum absolute atomic E-state index is 3.81. The molecule has 0 unspecified atom stereocenters. The normalized spacial score (nSPS) is 23.1. The van der Waals surface area contributed by atoms with Crippen molar-refractivity contribution in [2.24, 2.45) is 5.92 Å². The zero-order chi connectivity index (χ0) is 14.2. The smallest absolute Gasteiger partial charge is 0.0208 e. The highest BCUT2D eigenvalue weighted by atomic mass is 15.1. The van der Waals surface area contributed by atoms with Gasteiger partial charge in [0, 0.05) is 19.1 Å². The molecule has 20 heavy (non-hydrogen) atoms. The maximum atomic E-state index is 3.81. The van der Waals surface area contributed by atoms with E-state index in [4.69, 9.17) is 0 Å². The molecular weight excluding hydrogens is 244 g/mol. The minimum atomic E-state index is 0.699. The van der Waals surface area contributed by atoms with E-state index in [0.29, 0.717) is 6.04 Å². The number of nitrogens with one attached hydrogen (secondary N) is 1. The van der Waals surface area contributed by atoms with Crippen LogP contribution in [-0.2, 0) is 6.54 Å². The molecule has 0 bridgehead atoms. The highest BCUT2D eigenvalue weighted by Crippen LogP contribution is 2.25. The molecule has 2 rings (SSSR count). The quantitative estimate of drug-likeness (QED) is 0.816. The molecular formula is C18H30N2. The molecule has 0 spiro atoms. The van der Waals surface area contributed by atoms with Gasteiger partial charge in [0.05, 0.1) is 0 Å². The molecule has 1 aliphatic rings. The van der Waals surface area contributed by atoms with E-state index in [9.17, 15) is 0 Å². The SMILES string of the molecule is CCN(CC)C[C@@H]1CCCC[C@@H]1NCc1ccccc1. The van der Waals surface area contributed by atoms with Gasteiger partial charge in [-0.25, -0.2) is 0 Å². The van der Waals surface area contributed by atoms with Crippen LogP contribution in [0.4, 0.5) is 0 Å². The van der Waals surface area contributed by atoms with Crippen molar-refractivity contribution in [2.45, 2.75) is 52.1 Å². The van der Waals surface area contributed by atoms with Crippen molar-refractivity contribution in [1.29, 1.82) is 0 Å². The van der Waals surface area contributed by atoms with Gasteiger partial charge in [0.25, 0.3) is 0 Å². The van der Waals surface area contributed by atoms with Crippen LogP contribution in [-0.4, -0.2) is 30.6 Å². The molecule has 0 saturated heterocycles. The maximum Gasteiger partial charge on any atom is 0.0208 e. The Balaban J connectivity index is 1.86. The summed E-state index contributed by atoms with van der Waals surface area (Å²) in [7, 11) is 0. The van der Waals surface area contributed by atoms with Crippen LogP contribution < -0.4 is 5.32 Å². The Morgan fingerprint density at radius 3 is 2.45 bits per heavy atom. The van der Waals surface area contributed by atoms with Gasteiger partial charge >= 0.3 is 0 Å². The summed E-state index contributed by atoms with van der Waals surface area (Å²) in [6, 6.07) is 11.5. The summed E-state index contributed by atoms with van der Waals surface area (Å²) in [5.74, 6) is 0.826. The first-order chi connectivity index (χ1) is 9.83. The fourth-order valence-corrected chi connectivity index (χ4v) is 3.35. The first-order valence-electron chi connectivity index (χ1n) is 8.33. The van der Waals surface area contributed by atoms with Crippen molar-refractivity contribution in [2.75, 3.05) is 19.6 Å². The summed E-state index contributed by atoms with van der Waals surface area (Å²) in [6.07, 6.45) is 5.54. The first-order valence-corrected chi connectivity index (χ1v) is 8.33. The summed E-state index contributed by atoms with van der Waals surface area (Å²) in [4.78, 5) is 2.58. The summed E-state index contributed by atoms with van der Waals surface area (Å²) in [5, 5.41) is 3.81. The van der Waals surface area contributed by atoms with Crippen LogP contribution in [0.25, 0.3) is 0 Å². The van der Waals surface area contributed by atoms with Crippen LogP contribution >= 0.6 is 0 Å². The Bertz CT molecular complexity index is 359. The van der Waals surface area contributed by atoms with Crippen molar-refractivity contribution in [3.8, 4) is 0 Å². The molecule has 1 aliphatic carbocycles. The molecule has 0 heterocycles. The zero-order valence-electron chi connectivity index (χ0n) is 13.1. The average molecular weight is 274 g/mol. The van der Waals surface area contributed by atoms with Gasteiger partial charge in [0.15, 0.2) is 0 Å². The van der Waals surface area contributed by atoms with Gasteiger partial charge in [-0.3, -0.25) is 0 Å². The van der Waals surface area contributed by atoms with E-state index in [1.54, 1.807) is 0 Å². The third kappa shape index (κ3) is 4.60. The van der Waals surface area contributed by atoms with Crippen molar-refractivity contribution in [3.63, 3.8) is 0 Å². The van der Waals surface area contributed by atoms with Crippen LogP contribution in [0.3, 0.4) is 0 Å². The monoisotopic (exact) mass is 274 g/mol. The molecule has 0 amide bonds. The number of benzene rings is 1. The third-order valence-electron chi connectivity index (χ3n) is 4.71. The Hall–Kier alpha value is -0.860. The minimum Gasteiger partial charge on any atom is -0.310 e. The van der Waals surface area contributed by atoms with Crippen LogP contribution in [0.5, 0.6) is 0 Å². The third-order valence-corrected chi connectivity index (χ3v) is 4.71. The topological polar surface area (TPSA) is 15.3 Å². The molecule has 1 aromatic carbocycles. The minimum absolute atomic E-state index is 0.699. The van der Waals surface area contributed by atoms with E-state index in [1.165, 1.54) is 50.9 Å². The van der Waals surface area contributed by atoms with E-state index in [1.807, 2.05) is 0 Å². The Kier molecular flexibility index (Phi) is 6.55. The molecule has 1 saturated carbocycles. The number of hydrogen-bond acceptors (Lipinski definition) is 2. The van der Waals surface area contributed by atoms with E-state index in [2.05, 4.69) is 54.4 Å². The molecule has 0 radical (unpaired) electrons. The molecule has 1 fully saturated rings. The summed E-state index contributed by atoms with van der Waals surface area (Å²) in [5.41, 5.74) is 1.40. The Morgan fingerprint density at radius 2 is 1.75 bits per heavy atom.